The first-order chi connectivity index (χ1) is 17.3. The molecule has 6 nitrogen and oxygen atoms in total. The van der Waals surface area contributed by atoms with Gasteiger partial charge in [-0.3, -0.25) is 20.4 Å². The Balaban J connectivity index is 1.37. The van der Waals surface area contributed by atoms with Gasteiger partial charge in [-0.1, -0.05) is 36.4 Å². The summed E-state index contributed by atoms with van der Waals surface area (Å²) in [4.78, 5) is 24.9. The molecule has 4 rings (SSSR count). The van der Waals surface area contributed by atoms with Crippen LogP contribution in [-0.2, 0) is 6.18 Å². The summed E-state index contributed by atoms with van der Waals surface area (Å²) in [6.07, 6.45) is -4.55. The molecule has 4 aromatic carbocycles. The van der Waals surface area contributed by atoms with E-state index in [1.165, 1.54) is 30.3 Å². The maximum atomic E-state index is 13.1. The fourth-order valence-electron chi connectivity index (χ4n) is 3.37. The van der Waals surface area contributed by atoms with Crippen LogP contribution in [0.25, 0.3) is 0 Å². The number of para-hydroxylation sites is 2. The minimum atomic E-state index is -4.55. The zero-order valence-corrected chi connectivity index (χ0v) is 18.8. The van der Waals surface area contributed by atoms with E-state index in [4.69, 9.17) is 0 Å². The molecular weight excluding hydrogens is 469 g/mol. The van der Waals surface area contributed by atoms with Crippen LogP contribution < -0.4 is 21.5 Å². The van der Waals surface area contributed by atoms with Crippen LogP contribution >= 0.6 is 0 Å². The van der Waals surface area contributed by atoms with Gasteiger partial charge in [-0.15, -0.1) is 0 Å². The molecule has 0 unspecified atom stereocenters. The molecular formula is C27H21F3N4O2. The SMILES string of the molecule is O=C(NNc1ccccc1C(F)(F)F)c1ccc(Nc2cccc(C(=O)Nc3ccccc3)c2)cc1. The first-order valence-electron chi connectivity index (χ1n) is 10.9. The van der Waals surface area contributed by atoms with E-state index in [0.29, 0.717) is 22.6 Å². The number of rotatable bonds is 7. The average Bonchev–Trinajstić information content (AvgIpc) is 2.88. The van der Waals surface area contributed by atoms with Crippen molar-refractivity contribution < 1.29 is 22.8 Å². The monoisotopic (exact) mass is 490 g/mol. The van der Waals surface area contributed by atoms with Crippen LogP contribution in [0.4, 0.5) is 35.9 Å². The van der Waals surface area contributed by atoms with Crippen LogP contribution in [0.5, 0.6) is 0 Å². The molecule has 0 spiro atoms. The molecule has 0 saturated heterocycles. The molecule has 0 aromatic heterocycles. The van der Waals surface area contributed by atoms with Gasteiger partial charge in [0, 0.05) is 28.2 Å². The lowest BCUT2D eigenvalue weighted by molar-refractivity contribution is -0.137. The fraction of sp³-hybridized carbons (Fsp3) is 0.0370. The van der Waals surface area contributed by atoms with Crippen molar-refractivity contribution in [3.05, 3.63) is 120 Å². The zero-order valence-electron chi connectivity index (χ0n) is 18.8. The molecule has 9 heteroatoms. The van der Waals surface area contributed by atoms with Crippen molar-refractivity contribution >= 4 is 34.6 Å². The Hall–Kier alpha value is -4.79. The highest BCUT2D eigenvalue weighted by Gasteiger charge is 2.33. The van der Waals surface area contributed by atoms with Gasteiger partial charge in [0.25, 0.3) is 11.8 Å². The molecule has 0 aliphatic rings. The van der Waals surface area contributed by atoms with Crippen molar-refractivity contribution in [2.45, 2.75) is 6.18 Å². The fourth-order valence-corrected chi connectivity index (χ4v) is 3.37. The highest BCUT2D eigenvalue weighted by molar-refractivity contribution is 6.04. The Morgan fingerprint density at radius 3 is 2.00 bits per heavy atom. The van der Waals surface area contributed by atoms with Crippen molar-refractivity contribution in [2.24, 2.45) is 0 Å². The minimum Gasteiger partial charge on any atom is -0.356 e. The number of carbonyl (C=O) groups excluding carboxylic acids is 2. The Labute approximate surface area is 205 Å². The van der Waals surface area contributed by atoms with E-state index in [0.717, 1.165) is 6.07 Å². The summed E-state index contributed by atoms with van der Waals surface area (Å²) in [5.41, 5.74) is 6.19. The van der Waals surface area contributed by atoms with Gasteiger partial charge in [-0.05, 0) is 66.7 Å². The summed E-state index contributed by atoms with van der Waals surface area (Å²) >= 11 is 0. The summed E-state index contributed by atoms with van der Waals surface area (Å²) in [5, 5.41) is 5.98. The number of nitrogens with one attached hydrogen (secondary N) is 4. The largest absolute Gasteiger partial charge is 0.418 e. The third-order valence-corrected chi connectivity index (χ3v) is 5.14. The van der Waals surface area contributed by atoms with E-state index >= 15 is 0 Å². The van der Waals surface area contributed by atoms with Crippen LogP contribution in [0, 0.1) is 0 Å². The van der Waals surface area contributed by atoms with Crippen molar-refractivity contribution in [3.8, 4) is 0 Å². The molecule has 0 aliphatic heterocycles. The molecule has 2 amide bonds. The van der Waals surface area contributed by atoms with Crippen molar-refractivity contribution in [1.82, 2.24) is 5.43 Å². The molecule has 0 heterocycles. The number of amides is 2. The Bertz CT molecular complexity index is 1360. The first kappa shape index (κ1) is 24.3. The minimum absolute atomic E-state index is 0.244. The maximum absolute atomic E-state index is 13.1. The van der Waals surface area contributed by atoms with Crippen molar-refractivity contribution in [1.29, 1.82) is 0 Å². The smallest absolute Gasteiger partial charge is 0.356 e. The zero-order chi connectivity index (χ0) is 25.5. The summed E-state index contributed by atoms with van der Waals surface area (Å²) in [5.74, 6) is -0.852. The number of hydrogen-bond acceptors (Lipinski definition) is 4. The van der Waals surface area contributed by atoms with Crippen molar-refractivity contribution in [3.63, 3.8) is 0 Å². The molecule has 182 valence electrons. The van der Waals surface area contributed by atoms with Gasteiger partial charge >= 0.3 is 6.18 Å². The summed E-state index contributed by atoms with van der Waals surface area (Å²) in [6, 6.07) is 27.2. The van der Waals surface area contributed by atoms with Gasteiger partial charge in [0.15, 0.2) is 0 Å². The van der Waals surface area contributed by atoms with Gasteiger partial charge in [-0.25, -0.2) is 0 Å². The highest BCUT2D eigenvalue weighted by atomic mass is 19.4. The van der Waals surface area contributed by atoms with Gasteiger partial charge < -0.3 is 10.6 Å². The molecule has 0 atom stereocenters. The topological polar surface area (TPSA) is 82.3 Å². The third-order valence-electron chi connectivity index (χ3n) is 5.14. The normalized spacial score (nSPS) is 10.9. The van der Waals surface area contributed by atoms with Crippen LogP contribution in [-0.4, -0.2) is 11.8 Å². The second-order valence-corrected chi connectivity index (χ2v) is 7.73. The number of benzene rings is 4. The molecule has 4 aromatic rings. The molecule has 0 fully saturated rings. The van der Waals surface area contributed by atoms with Gasteiger partial charge in [0.2, 0.25) is 0 Å². The number of carbonyl (C=O) groups is 2. The quantitative estimate of drug-likeness (QED) is 0.224. The lowest BCUT2D eigenvalue weighted by Crippen LogP contribution is -2.30. The number of hydrazine groups is 1. The van der Waals surface area contributed by atoms with E-state index in [1.807, 2.05) is 18.2 Å². The Kier molecular flexibility index (Phi) is 7.20. The van der Waals surface area contributed by atoms with E-state index in [2.05, 4.69) is 21.5 Å². The number of alkyl halides is 3. The van der Waals surface area contributed by atoms with Crippen LogP contribution in [0.1, 0.15) is 26.3 Å². The molecule has 0 aliphatic carbocycles. The van der Waals surface area contributed by atoms with Crippen molar-refractivity contribution in [2.75, 3.05) is 16.1 Å². The summed E-state index contributed by atoms with van der Waals surface area (Å²) in [6.45, 7) is 0. The standard InChI is InChI=1S/C27H21F3N4O2/c28-27(29,30)23-11-4-5-12-24(23)33-34-26(36)18-13-15-21(16-14-18)31-22-10-6-7-19(17-22)25(35)32-20-8-2-1-3-9-20/h1-17,31,33H,(H,32,35)(H,34,36). The summed E-state index contributed by atoms with van der Waals surface area (Å²) < 4.78 is 39.3. The third kappa shape index (κ3) is 6.20. The van der Waals surface area contributed by atoms with Crippen LogP contribution in [0.3, 0.4) is 0 Å². The second kappa shape index (κ2) is 10.6. The van der Waals surface area contributed by atoms with Gasteiger partial charge in [0.05, 0.1) is 11.3 Å². The molecule has 4 N–H and O–H groups in total. The number of halogens is 3. The molecule has 36 heavy (non-hydrogen) atoms. The number of hydrogen-bond donors (Lipinski definition) is 4. The highest BCUT2D eigenvalue weighted by Crippen LogP contribution is 2.34. The van der Waals surface area contributed by atoms with Crippen LogP contribution in [0.15, 0.2) is 103 Å². The molecule has 0 bridgehead atoms. The lowest BCUT2D eigenvalue weighted by atomic mass is 10.1. The lowest BCUT2D eigenvalue weighted by Gasteiger charge is -2.15. The Morgan fingerprint density at radius 2 is 1.28 bits per heavy atom. The maximum Gasteiger partial charge on any atom is 0.418 e. The molecule has 0 saturated carbocycles. The van der Waals surface area contributed by atoms with E-state index in [-0.39, 0.29) is 17.2 Å². The van der Waals surface area contributed by atoms with Gasteiger partial charge in [-0.2, -0.15) is 13.2 Å². The van der Waals surface area contributed by atoms with Crippen LogP contribution in [0.2, 0.25) is 0 Å². The van der Waals surface area contributed by atoms with Gasteiger partial charge in [0.1, 0.15) is 0 Å². The van der Waals surface area contributed by atoms with E-state index in [1.54, 1.807) is 48.5 Å². The molecule has 0 radical (unpaired) electrons. The Morgan fingerprint density at radius 1 is 0.611 bits per heavy atom. The predicted molar refractivity (Wildman–Crippen MR) is 133 cm³/mol. The van der Waals surface area contributed by atoms with E-state index in [9.17, 15) is 22.8 Å². The van der Waals surface area contributed by atoms with E-state index < -0.39 is 17.6 Å². The first-order valence-corrected chi connectivity index (χ1v) is 10.9. The number of anilines is 4. The average molecular weight is 490 g/mol. The summed E-state index contributed by atoms with van der Waals surface area (Å²) in [7, 11) is 0. The predicted octanol–water partition coefficient (Wildman–Crippen LogP) is 6.46. The second-order valence-electron chi connectivity index (χ2n) is 7.73.